The highest BCUT2D eigenvalue weighted by atomic mass is 19.1. The van der Waals surface area contributed by atoms with Gasteiger partial charge in [-0.1, -0.05) is 6.07 Å². The number of nitrogens with two attached hydrogens (primary N) is 1. The van der Waals surface area contributed by atoms with Gasteiger partial charge >= 0.3 is 0 Å². The van der Waals surface area contributed by atoms with Gasteiger partial charge < -0.3 is 16.4 Å². The van der Waals surface area contributed by atoms with Gasteiger partial charge in [-0.25, -0.2) is 14.4 Å². The van der Waals surface area contributed by atoms with Crippen LogP contribution in [0.3, 0.4) is 0 Å². The first-order valence-electron chi connectivity index (χ1n) is 10.4. The number of hydrogen-bond acceptors (Lipinski definition) is 6. The molecule has 1 aromatic carbocycles. The molecule has 9 heteroatoms. The molecule has 0 saturated heterocycles. The summed E-state index contributed by atoms with van der Waals surface area (Å²) in [5, 5.41) is 5.86. The fraction of sp³-hybridized carbons (Fsp3) is 0.304. The molecule has 0 aliphatic carbocycles. The Balaban J connectivity index is 1.48. The number of anilines is 2. The number of nitrogens with zero attached hydrogens (tertiary/aromatic N) is 3. The molecule has 0 saturated carbocycles. The van der Waals surface area contributed by atoms with Crippen molar-refractivity contribution in [1.82, 2.24) is 19.9 Å². The van der Waals surface area contributed by atoms with E-state index in [-0.39, 0.29) is 29.6 Å². The highest BCUT2D eigenvalue weighted by molar-refractivity contribution is 5.81. The molecule has 0 radical (unpaired) electrons. The van der Waals surface area contributed by atoms with Crippen LogP contribution in [0, 0.1) is 19.7 Å². The van der Waals surface area contributed by atoms with Gasteiger partial charge in [-0.05, 0) is 67.1 Å². The third-order valence-corrected chi connectivity index (χ3v) is 5.57. The number of rotatable bonds is 6. The van der Waals surface area contributed by atoms with Crippen LogP contribution in [0.1, 0.15) is 40.4 Å². The zero-order valence-electron chi connectivity index (χ0n) is 18.0. The monoisotopic (exact) mass is 436 g/mol. The minimum atomic E-state index is -0.611. The fourth-order valence-corrected chi connectivity index (χ4v) is 3.96. The number of halogens is 1. The summed E-state index contributed by atoms with van der Waals surface area (Å²) < 4.78 is 15.1. The summed E-state index contributed by atoms with van der Waals surface area (Å²) in [4.78, 5) is 34.2. The maximum atomic E-state index is 13.6. The van der Waals surface area contributed by atoms with Crippen molar-refractivity contribution >= 4 is 17.5 Å². The molecule has 3 heterocycles. The molecule has 0 spiro atoms. The van der Waals surface area contributed by atoms with Crippen molar-refractivity contribution in [1.29, 1.82) is 0 Å². The van der Waals surface area contributed by atoms with E-state index in [0.717, 1.165) is 16.7 Å². The van der Waals surface area contributed by atoms with Crippen LogP contribution in [-0.2, 0) is 24.3 Å². The van der Waals surface area contributed by atoms with Gasteiger partial charge in [-0.15, -0.1) is 0 Å². The topological polar surface area (TPSA) is 115 Å². The van der Waals surface area contributed by atoms with Crippen LogP contribution >= 0.6 is 0 Å². The van der Waals surface area contributed by atoms with E-state index < -0.39 is 6.04 Å². The van der Waals surface area contributed by atoms with Crippen molar-refractivity contribution in [3.63, 3.8) is 0 Å². The molecule has 2 aromatic heterocycles. The molecule has 1 aliphatic rings. The van der Waals surface area contributed by atoms with Crippen LogP contribution < -0.4 is 21.9 Å². The van der Waals surface area contributed by atoms with Gasteiger partial charge in [0.15, 0.2) is 5.82 Å². The van der Waals surface area contributed by atoms with E-state index >= 15 is 0 Å². The van der Waals surface area contributed by atoms with Gasteiger partial charge in [0.2, 0.25) is 5.91 Å². The van der Waals surface area contributed by atoms with E-state index in [2.05, 4.69) is 20.6 Å². The number of nitrogens with one attached hydrogen (secondary N) is 2. The molecule has 4 N–H and O–H groups in total. The van der Waals surface area contributed by atoms with Gasteiger partial charge in [-0.2, -0.15) is 0 Å². The van der Waals surface area contributed by atoms with Crippen LogP contribution in [0.4, 0.5) is 16.0 Å². The number of fused-ring (bicyclic) bond motifs is 1. The Labute approximate surface area is 184 Å². The SMILES string of the molecule is Cc1cc(F)cc(CNc2ncc3n(c2=O)[C@H](C(=O)NCc2cnc(N)c(C)c2)CC3)c1. The molecule has 1 atom stereocenters. The Hall–Kier alpha value is -3.75. The zero-order chi connectivity index (χ0) is 22.8. The summed E-state index contributed by atoms with van der Waals surface area (Å²) in [6, 6.07) is 5.95. The number of aromatic nitrogens is 3. The summed E-state index contributed by atoms with van der Waals surface area (Å²) in [6.07, 6.45) is 4.35. The van der Waals surface area contributed by atoms with Crippen LogP contribution in [-0.4, -0.2) is 20.4 Å². The maximum absolute atomic E-state index is 13.6. The number of amides is 1. The van der Waals surface area contributed by atoms with Crippen molar-refractivity contribution in [3.8, 4) is 0 Å². The number of benzene rings is 1. The lowest BCUT2D eigenvalue weighted by atomic mass is 10.1. The smallest absolute Gasteiger partial charge is 0.294 e. The first-order chi connectivity index (χ1) is 15.3. The molecular weight excluding hydrogens is 411 g/mol. The standard InChI is InChI=1S/C23H25FN6O2/c1-13-5-15(8-17(24)6-13)9-27-21-23(32)30-18(12-28-21)3-4-19(30)22(31)29-11-16-7-14(2)20(25)26-10-16/h5-8,10,12,19H,3-4,9,11H2,1-2H3,(H2,25,26)(H,27,28)(H,29,31)/t19-/m0/s1. The van der Waals surface area contributed by atoms with E-state index in [0.29, 0.717) is 36.5 Å². The molecule has 1 amide bonds. The minimum Gasteiger partial charge on any atom is -0.383 e. The zero-order valence-corrected chi connectivity index (χ0v) is 18.0. The Morgan fingerprint density at radius 2 is 1.97 bits per heavy atom. The summed E-state index contributed by atoms with van der Waals surface area (Å²) in [6.45, 7) is 4.20. The molecule has 3 aromatic rings. The second-order valence-corrected chi connectivity index (χ2v) is 8.08. The van der Waals surface area contributed by atoms with Crippen LogP contribution in [0.15, 0.2) is 41.5 Å². The molecule has 4 rings (SSSR count). The second kappa shape index (κ2) is 8.78. The van der Waals surface area contributed by atoms with Crippen molar-refractivity contribution in [2.45, 2.75) is 45.8 Å². The van der Waals surface area contributed by atoms with Gasteiger partial charge in [0.05, 0.1) is 0 Å². The third-order valence-electron chi connectivity index (χ3n) is 5.57. The van der Waals surface area contributed by atoms with E-state index in [1.54, 1.807) is 19.3 Å². The quantitative estimate of drug-likeness (QED) is 0.547. The van der Waals surface area contributed by atoms with E-state index in [9.17, 15) is 14.0 Å². The highest BCUT2D eigenvalue weighted by Crippen LogP contribution is 2.24. The highest BCUT2D eigenvalue weighted by Gasteiger charge is 2.30. The van der Waals surface area contributed by atoms with Gasteiger partial charge in [-0.3, -0.25) is 14.2 Å². The molecular formula is C23H25FN6O2. The van der Waals surface area contributed by atoms with Crippen LogP contribution in [0.5, 0.6) is 0 Å². The fourth-order valence-electron chi connectivity index (χ4n) is 3.96. The summed E-state index contributed by atoms with van der Waals surface area (Å²) in [7, 11) is 0. The van der Waals surface area contributed by atoms with Gasteiger partial charge in [0.25, 0.3) is 5.56 Å². The average molecular weight is 436 g/mol. The summed E-state index contributed by atoms with van der Waals surface area (Å²) >= 11 is 0. The maximum Gasteiger partial charge on any atom is 0.294 e. The summed E-state index contributed by atoms with van der Waals surface area (Å²) in [5.74, 6) is 0.0212. The van der Waals surface area contributed by atoms with E-state index in [1.165, 1.54) is 16.7 Å². The first kappa shape index (κ1) is 21.5. The Morgan fingerprint density at radius 3 is 2.72 bits per heavy atom. The minimum absolute atomic E-state index is 0.133. The summed E-state index contributed by atoms with van der Waals surface area (Å²) in [5.41, 5.74) is 9.26. The predicted octanol–water partition coefficient (Wildman–Crippen LogP) is 2.39. The molecule has 0 unspecified atom stereocenters. The van der Waals surface area contributed by atoms with Gasteiger partial charge in [0, 0.05) is 31.2 Å². The number of pyridine rings is 1. The second-order valence-electron chi connectivity index (χ2n) is 8.08. The molecule has 0 bridgehead atoms. The average Bonchev–Trinajstić information content (AvgIpc) is 3.18. The first-order valence-corrected chi connectivity index (χ1v) is 10.4. The third kappa shape index (κ3) is 4.46. The molecule has 1 aliphatic heterocycles. The van der Waals surface area contributed by atoms with Crippen LogP contribution in [0.25, 0.3) is 0 Å². The Morgan fingerprint density at radius 1 is 1.16 bits per heavy atom. The molecule has 32 heavy (non-hydrogen) atoms. The predicted molar refractivity (Wildman–Crippen MR) is 120 cm³/mol. The molecule has 166 valence electrons. The molecule has 8 nitrogen and oxygen atoms in total. The van der Waals surface area contributed by atoms with Gasteiger partial charge in [0.1, 0.15) is 17.7 Å². The Bertz CT molecular complexity index is 1220. The van der Waals surface area contributed by atoms with Crippen molar-refractivity contribution < 1.29 is 9.18 Å². The number of nitrogen functional groups attached to an aromatic ring is 1. The Kier molecular flexibility index (Phi) is 5.89. The number of carbonyl (C=O) groups excluding carboxylic acids is 1. The number of carbonyl (C=O) groups is 1. The lowest BCUT2D eigenvalue weighted by Gasteiger charge is -2.16. The normalized spacial score (nSPS) is 14.8. The van der Waals surface area contributed by atoms with Crippen molar-refractivity contribution in [3.05, 3.63) is 80.8 Å². The van der Waals surface area contributed by atoms with E-state index in [1.807, 2.05) is 19.1 Å². The number of aryl methyl sites for hydroxylation is 3. The van der Waals surface area contributed by atoms with Crippen molar-refractivity contribution in [2.75, 3.05) is 11.1 Å². The lowest BCUT2D eigenvalue weighted by Crippen LogP contribution is -2.36. The van der Waals surface area contributed by atoms with Crippen LogP contribution in [0.2, 0.25) is 0 Å². The van der Waals surface area contributed by atoms with E-state index in [4.69, 9.17) is 5.73 Å². The molecule has 0 fully saturated rings. The van der Waals surface area contributed by atoms with Crippen molar-refractivity contribution in [2.24, 2.45) is 0 Å². The largest absolute Gasteiger partial charge is 0.383 e. The lowest BCUT2D eigenvalue weighted by molar-refractivity contribution is -0.124. The number of hydrogen-bond donors (Lipinski definition) is 3.